The van der Waals surface area contributed by atoms with Gasteiger partial charge in [-0.05, 0) is 25.3 Å². The minimum Gasteiger partial charge on any atom is -0.391 e. The van der Waals surface area contributed by atoms with Gasteiger partial charge in [-0.15, -0.1) is 0 Å². The number of β-amino-alcohol motifs (C(OH)–C–C–N with tert-alkyl or cyclic N) is 1. The molecule has 1 aromatic rings. The van der Waals surface area contributed by atoms with Gasteiger partial charge in [0.15, 0.2) is 0 Å². The summed E-state index contributed by atoms with van der Waals surface area (Å²) >= 11 is 0. The molecule has 1 aliphatic rings. The maximum absolute atomic E-state index is 11.0. The van der Waals surface area contributed by atoms with E-state index in [9.17, 15) is 15.2 Å². The number of nitrogens with one attached hydrogen (secondary N) is 1. The Bertz CT molecular complexity index is 479. The highest BCUT2D eigenvalue weighted by Gasteiger charge is 2.20. The van der Waals surface area contributed by atoms with E-state index >= 15 is 0 Å². The van der Waals surface area contributed by atoms with Gasteiger partial charge in [0.1, 0.15) is 0 Å². The van der Waals surface area contributed by atoms with Crippen LogP contribution in [-0.4, -0.2) is 35.8 Å². The van der Waals surface area contributed by atoms with Crippen LogP contribution in [-0.2, 0) is 0 Å². The van der Waals surface area contributed by atoms with Crippen LogP contribution in [0.3, 0.4) is 0 Å². The molecule has 0 saturated carbocycles. The molecule has 1 saturated heterocycles. The van der Waals surface area contributed by atoms with E-state index in [-0.39, 0.29) is 16.7 Å². The highest BCUT2D eigenvalue weighted by molar-refractivity contribution is 5.64. The van der Waals surface area contributed by atoms with Gasteiger partial charge in [-0.3, -0.25) is 10.1 Å². The van der Waals surface area contributed by atoms with Crippen LogP contribution in [0, 0.1) is 10.1 Å². The molecule has 0 aromatic heterocycles. The molecule has 0 radical (unpaired) electrons. The van der Waals surface area contributed by atoms with Gasteiger partial charge in [0, 0.05) is 43.1 Å². The van der Waals surface area contributed by atoms with E-state index in [1.54, 1.807) is 12.1 Å². The van der Waals surface area contributed by atoms with Gasteiger partial charge in [0.25, 0.3) is 5.69 Å². The topological polar surface area (TPSA) is 78.6 Å². The van der Waals surface area contributed by atoms with Crippen LogP contribution >= 0.6 is 0 Å². The Morgan fingerprint density at radius 1 is 1.50 bits per heavy atom. The molecule has 0 amide bonds. The number of hydrogen-bond acceptors (Lipinski definition) is 5. The van der Waals surface area contributed by atoms with Crippen molar-refractivity contribution in [3.8, 4) is 0 Å². The molecule has 1 unspecified atom stereocenters. The van der Waals surface area contributed by atoms with Crippen LogP contribution in [0.5, 0.6) is 0 Å². The second-order valence-corrected chi connectivity index (χ2v) is 5.16. The Morgan fingerprint density at radius 2 is 2.30 bits per heavy atom. The molecule has 1 atom stereocenters. The van der Waals surface area contributed by atoms with Gasteiger partial charge >= 0.3 is 0 Å². The number of benzene rings is 1. The van der Waals surface area contributed by atoms with Crippen molar-refractivity contribution in [2.24, 2.45) is 0 Å². The molecule has 1 aliphatic heterocycles. The van der Waals surface area contributed by atoms with Crippen LogP contribution < -0.4 is 10.2 Å². The number of nitrogens with zero attached hydrogens (tertiary/aromatic N) is 2. The van der Waals surface area contributed by atoms with Crippen molar-refractivity contribution in [2.45, 2.75) is 32.3 Å². The lowest BCUT2D eigenvalue weighted by Gasteiger charge is -2.32. The fourth-order valence-electron chi connectivity index (χ4n) is 2.44. The van der Waals surface area contributed by atoms with E-state index in [1.807, 2.05) is 17.9 Å². The van der Waals surface area contributed by atoms with Crippen molar-refractivity contribution in [2.75, 3.05) is 29.9 Å². The van der Waals surface area contributed by atoms with E-state index in [2.05, 4.69) is 5.32 Å². The Morgan fingerprint density at radius 3 is 2.95 bits per heavy atom. The van der Waals surface area contributed by atoms with Crippen molar-refractivity contribution < 1.29 is 10.0 Å². The number of aliphatic hydroxyl groups is 1. The van der Waals surface area contributed by atoms with Gasteiger partial charge in [-0.2, -0.15) is 0 Å². The SMILES string of the molecule is CCCNc1cc(N2CCCC(O)C2)cc([N+](=O)[O-])c1. The summed E-state index contributed by atoms with van der Waals surface area (Å²) in [7, 11) is 0. The van der Waals surface area contributed by atoms with E-state index in [4.69, 9.17) is 0 Å². The van der Waals surface area contributed by atoms with Crippen molar-refractivity contribution in [1.82, 2.24) is 0 Å². The highest BCUT2D eigenvalue weighted by Crippen LogP contribution is 2.29. The molecule has 1 heterocycles. The Balaban J connectivity index is 2.25. The Hall–Kier alpha value is -1.82. The first kappa shape index (κ1) is 14.6. The second kappa shape index (κ2) is 6.56. The van der Waals surface area contributed by atoms with Crippen LogP contribution in [0.4, 0.5) is 17.1 Å². The van der Waals surface area contributed by atoms with Crippen molar-refractivity contribution in [3.63, 3.8) is 0 Å². The third-order valence-electron chi connectivity index (χ3n) is 3.45. The maximum Gasteiger partial charge on any atom is 0.273 e. The van der Waals surface area contributed by atoms with Crippen LogP contribution in [0.2, 0.25) is 0 Å². The predicted octanol–water partition coefficient (Wildman–Crippen LogP) is 2.38. The van der Waals surface area contributed by atoms with Crippen LogP contribution in [0.1, 0.15) is 26.2 Å². The smallest absolute Gasteiger partial charge is 0.273 e. The summed E-state index contributed by atoms with van der Waals surface area (Å²) in [6.45, 7) is 4.19. The third kappa shape index (κ3) is 3.60. The van der Waals surface area contributed by atoms with Gasteiger partial charge in [-0.1, -0.05) is 6.92 Å². The summed E-state index contributed by atoms with van der Waals surface area (Å²) < 4.78 is 0. The number of hydrogen-bond donors (Lipinski definition) is 2. The fraction of sp³-hybridized carbons (Fsp3) is 0.571. The number of nitro benzene ring substituents is 1. The molecule has 0 bridgehead atoms. The van der Waals surface area contributed by atoms with Gasteiger partial charge < -0.3 is 15.3 Å². The average molecular weight is 279 g/mol. The zero-order chi connectivity index (χ0) is 14.5. The minimum absolute atomic E-state index is 0.0844. The lowest BCUT2D eigenvalue weighted by Crippen LogP contribution is -2.38. The molecule has 0 aliphatic carbocycles. The molecule has 6 nitrogen and oxygen atoms in total. The van der Waals surface area contributed by atoms with Crippen molar-refractivity contribution in [1.29, 1.82) is 0 Å². The first-order valence-electron chi connectivity index (χ1n) is 7.06. The maximum atomic E-state index is 11.0. The van der Waals surface area contributed by atoms with Crippen LogP contribution in [0.15, 0.2) is 18.2 Å². The Kier molecular flexibility index (Phi) is 4.79. The molecule has 2 N–H and O–H groups in total. The molecule has 20 heavy (non-hydrogen) atoms. The first-order chi connectivity index (χ1) is 9.60. The molecular formula is C14H21N3O3. The lowest BCUT2D eigenvalue weighted by molar-refractivity contribution is -0.384. The van der Waals surface area contributed by atoms with E-state index < -0.39 is 0 Å². The monoisotopic (exact) mass is 279 g/mol. The number of anilines is 2. The lowest BCUT2D eigenvalue weighted by atomic mass is 10.1. The van der Waals surface area contributed by atoms with E-state index in [0.29, 0.717) is 6.54 Å². The zero-order valence-corrected chi connectivity index (χ0v) is 11.7. The number of aliphatic hydroxyl groups excluding tert-OH is 1. The quantitative estimate of drug-likeness (QED) is 0.639. The van der Waals surface area contributed by atoms with E-state index in [0.717, 1.165) is 43.7 Å². The molecule has 1 fully saturated rings. The molecule has 2 rings (SSSR count). The zero-order valence-electron chi connectivity index (χ0n) is 11.7. The average Bonchev–Trinajstić information content (AvgIpc) is 2.44. The van der Waals surface area contributed by atoms with Crippen molar-refractivity contribution in [3.05, 3.63) is 28.3 Å². The molecule has 0 spiro atoms. The fourth-order valence-corrected chi connectivity index (χ4v) is 2.44. The highest BCUT2D eigenvalue weighted by atomic mass is 16.6. The molecule has 6 heteroatoms. The number of rotatable bonds is 5. The predicted molar refractivity (Wildman–Crippen MR) is 79.3 cm³/mol. The summed E-state index contributed by atoms with van der Waals surface area (Å²) in [5, 5.41) is 24.0. The van der Waals surface area contributed by atoms with Gasteiger partial charge in [-0.25, -0.2) is 0 Å². The summed E-state index contributed by atoms with van der Waals surface area (Å²) in [5.74, 6) is 0. The summed E-state index contributed by atoms with van der Waals surface area (Å²) in [6, 6.07) is 5.05. The summed E-state index contributed by atoms with van der Waals surface area (Å²) in [6.07, 6.45) is 2.31. The molecule has 110 valence electrons. The normalized spacial score (nSPS) is 18.9. The second-order valence-electron chi connectivity index (χ2n) is 5.16. The van der Waals surface area contributed by atoms with Gasteiger partial charge in [0.2, 0.25) is 0 Å². The standard InChI is InChI=1S/C14H21N3O3/c1-2-5-15-11-7-12(9-13(8-11)17(19)20)16-6-3-4-14(18)10-16/h7-9,14-15,18H,2-6,10H2,1H3. The molecular weight excluding hydrogens is 258 g/mol. The van der Waals surface area contributed by atoms with Crippen LogP contribution in [0.25, 0.3) is 0 Å². The number of nitro groups is 1. The largest absolute Gasteiger partial charge is 0.391 e. The summed E-state index contributed by atoms with van der Waals surface area (Å²) in [5.41, 5.74) is 1.65. The van der Waals surface area contributed by atoms with Crippen molar-refractivity contribution >= 4 is 17.1 Å². The molecule has 1 aromatic carbocycles. The minimum atomic E-state index is -0.374. The third-order valence-corrected chi connectivity index (χ3v) is 3.45. The first-order valence-corrected chi connectivity index (χ1v) is 7.06. The number of piperidine rings is 1. The Labute approximate surface area is 118 Å². The van der Waals surface area contributed by atoms with E-state index in [1.165, 1.54) is 0 Å². The van der Waals surface area contributed by atoms with Gasteiger partial charge in [0.05, 0.1) is 11.0 Å². The summed E-state index contributed by atoms with van der Waals surface area (Å²) in [4.78, 5) is 12.7. The number of non-ortho nitro benzene ring substituents is 1.